The molecule has 0 fully saturated rings. The van der Waals surface area contributed by atoms with Gasteiger partial charge in [-0.2, -0.15) is 0 Å². The first kappa shape index (κ1) is 12.2. The summed E-state index contributed by atoms with van der Waals surface area (Å²) >= 11 is 5.12. The molecule has 0 radical (unpaired) electrons. The molecule has 1 nitrogen and oxygen atoms in total. The van der Waals surface area contributed by atoms with Crippen molar-refractivity contribution >= 4 is 27.3 Å². The summed E-state index contributed by atoms with van der Waals surface area (Å²) in [6.07, 6.45) is 1.60. The third-order valence-corrected chi connectivity index (χ3v) is 3.72. The summed E-state index contributed by atoms with van der Waals surface area (Å²) in [7, 11) is 0. The highest BCUT2D eigenvalue weighted by Gasteiger charge is 2.22. The minimum atomic E-state index is -0.571. The van der Waals surface area contributed by atoms with Gasteiger partial charge in [0.2, 0.25) is 0 Å². The van der Waals surface area contributed by atoms with Gasteiger partial charge in [-0.25, -0.2) is 0 Å². The highest BCUT2D eigenvalue weighted by molar-refractivity contribution is 9.10. The highest BCUT2D eigenvalue weighted by atomic mass is 79.9. The molecular formula is C11H17BrOS. The molecule has 1 rings (SSSR count). The van der Waals surface area contributed by atoms with E-state index in [2.05, 4.69) is 41.2 Å². The smallest absolute Gasteiger partial charge is 0.0670 e. The third kappa shape index (κ3) is 4.11. The maximum Gasteiger partial charge on any atom is 0.0670 e. The standard InChI is InChI=1S/C11H17BrOS/c1-8(2)5-11(3,13)6-10-4-9(12)7-14-10/h4,7-8,13H,5-6H2,1-3H3. The Bertz CT molecular complexity index is 291. The van der Waals surface area contributed by atoms with Crippen molar-refractivity contribution in [1.29, 1.82) is 0 Å². The molecule has 0 aliphatic carbocycles. The molecule has 0 aromatic carbocycles. The molecule has 0 aliphatic rings. The van der Waals surface area contributed by atoms with E-state index in [9.17, 15) is 5.11 Å². The van der Waals surface area contributed by atoms with Gasteiger partial charge in [0, 0.05) is 21.2 Å². The summed E-state index contributed by atoms with van der Waals surface area (Å²) in [5, 5.41) is 12.2. The van der Waals surface area contributed by atoms with Crippen LogP contribution >= 0.6 is 27.3 Å². The maximum absolute atomic E-state index is 10.1. The second kappa shape index (κ2) is 4.77. The van der Waals surface area contributed by atoms with Gasteiger partial charge in [0.25, 0.3) is 0 Å². The lowest BCUT2D eigenvalue weighted by Crippen LogP contribution is -2.28. The number of hydrogen-bond acceptors (Lipinski definition) is 2. The fraction of sp³-hybridized carbons (Fsp3) is 0.636. The van der Waals surface area contributed by atoms with Crippen LogP contribution in [0.25, 0.3) is 0 Å². The van der Waals surface area contributed by atoms with Crippen molar-refractivity contribution in [1.82, 2.24) is 0 Å². The van der Waals surface area contributed by atoms with Crippen LogP contribution in [0.15, 0.2) is 15.9 Å². The molecule has 0 saturated carbocycles. The monoisotopic (exact) mass is 276 g/mol. The van der Waals surface area contributed by atoms with Crippen molar-refractivity contribution in [3.63, 3.8) is 0 Å². The van der Waals surface area contributed by atoms with Crippen molar-refractivity contribution in [2.45, 2.75) is 39.2 Å². The molecular weight excluding hydrogens is 260 g/mol. The maximum atomic E-state index is 10.1. The van der Waals surface area contributed by atoms with Gasteiger partial charge in [-0.15, -0.1) is 11.3 Å². The molecule has 1 heterocycles. The molecule has 0 saturated heterocycles. The summed E-state index contributed by atoms with van der Waals surface area (Å²) in [4.78, 5) is 1.24. The van der Waals surface area contributed by atoms with Crippen molar-refractivity contribution < 1.29 is 5.11 Å². The van der Waals surface area contributed by atoms with E-state index in [1.165, 1.54) is 4.88 Å². The van der Waals surface area contributed by atoms with E-state index in [4.69, 9.17) is 0 Å². The van der Waals surface area contributed by atoms with Crippen LogP contribution in [0.1, 0.15) is 32.1 Å². The summed E-state index contributed by atoms with van der Waals surface area (Å²) < 4.78 is 1.11. The fourth-order valence-corrected chi connectivity index (χ4v) is 3.40. The summed E-state index contributed by atoms with van der Waals surface area (Å²) in [5.41, 5.74) is -0.571. The van der Waals surface area contributed by atoms with Crippen molar-refractivity contribution in [3.05, 3.63) is 20.8 Å². The van der Waals surface area contributed by atoms with E-state index in [0.29, 0.717) is 5.92 Å². The lowest BCUT2D eigenvalue weighted by atomic mass is 9.91. The van der Waals surface area contributed by atoms with Crippen LogP contribution in [0.2, 0.25) is 0 Å². The second-order valence-electron chi connectivity index (χ2n) is 4.50. The number of halogens is 1. The van der Waals surface area contributed by atoms with E-state index >= 15 is 0 Å². The Kier molecular flexibility index (Phi) is 4.16. The van der Waals surface area contributed by atoms with E-state index < -0.39 is 5.60 Å². The molecule has 0 spiro atoms. The third-order valence-electron chi connectivity index (χ3n) is 2.02. The molecule has 0 bridgehead atoms. The molecule has 1 atom stereocenters. The average molecular weight is 277 g/mol. The molecule has 3 heteroatoms. The predicted molar refractivity (Wildman–Crippen MR) is 65.8 cm³/mol. The van der Waals surface area contributed by atoms with Gasteiger partial charge in [0.15, 0.2) is 0 Å². The van der Waals surface area contributed by atoms with Crippen LogP contribution in [-0.2, 0) is 6.42 Å². The molecule has 0 amide bonds. The first-order valence-electron chi connectivity index (χ1n) is 4.84. The van der Waals surface area contributed by atoms with Crippen LogP contribution in [-0.4, -0.2) is 10.7 Å². The number of rotatable bonds is 4. The molecule has 80 valence electrons. The van der Waals surface area contributed by atoms with Crippen LogP contribution in [0.3, 0.4) is 0 Å². The Balaban J connectivity index is 2.58. The van der Waals surface area contributed by atoms with Gasteiger partial charge >= 0.3 is 0 Å². The first-order chi connectivity index (χ1) is 6.39. The Hall–Kier alpha value is 0.140. The van der Waals surface area contributed by atoms with E-state index in [-0.39, 0.29) is 0 Å². The normalized spacial score (nSPS) is 15.9. The number of thiophene rings is 1. The van der Waals surface area contributed by atoms with Crippen molar-refractivity contribution in [2.24, 2.45) is 5.92 Å². The summed E-state index contributed by atoms with van der Waals surface area (Å²) in [5.74, 6) is 0.536. The number of hydrogen-bond donors (Lipinski definition) is 1. The second-order valence-corrected chi connectivity index (χ2v) is 6.41. The van der Waals surface area contributed by atoms with Crippen LogP contribution in [0, 0.1) is 5.92 Å². The largest absolute Gasteiger partial charge is 0.390 e. The minimum Gasteiger partial charge on any atom is -0.390 e. The molecule has 1 aromatic rings. The van der Waals surface area contributed by atoms with E-state index in [1.54, 1.807) is 11.3 Å². The van der Waals surface area contributed by atoms with Crippen molar-refractivity contribution in [3.8, 4) is 0 Å². The zero-order valence-electron chi connectivity index (χ0n) is 8.88. The predicted octanol–water partition coefficient (Wildman–Crippen LogP) is 3.85. The van der Waals surface area contributed by atoms with Crippen LogP contribution < -0.4 is 0 Å². The van der Waals surface area contributed by atoms with E-state index in [1.807, 2.05) is 6.92 Å². The minimum absolute atomic E-state index is 0.536. The first-order valence-corrected chi connectivity index (χ1v) is 6.51. The van der Waals surface area contributed by atoms with Gasteiger partial charge in [-0.05, 0) is 41.3 Å². The highest BCUT2D eigenvalue weighted by Crippen LogP contribution is 2.27. The topological polar surface area (TPSA) is 20.2 Å². The zero-order valence-corrected chi connectivity index (χ0v) is 11.3. The Labute approximate surface area is 98.3 Å². The van der Waals surface area contributed by atoms with Crippen LogP contribution in [0.5, 0.6) is 0 Å². The van der Waals surface area contributed by atoms with Gasteiger partial charge in [-0.1, -0.05) is 13.8 Å². The molecule has 14 heavy (non-hydrogen) atoms. The average Bonchev–Trinajstić information content (AvgIpc) is 2.30. The molecule has 0 aliphatic heterocycles. The zero-order chi connectivity index (χ0) is 10.8. The van der Waals surface area contributed by atoms with Gasteiger partial charge in [-0.3, -0.25) is 0 Å². The van der Waals surface area contributed by atoms with Crippen molar-refractivity contribution in [2.75, 3.05) is 0 Å². The molecule has 1 N–H and O–H groups in total. The Morgan fingerprint density at radius 1 is 1.57 bits per heavy atom. The van der Waals surface area contributed by atoms with Gasteiger partial charge in [0.1, 0.15) is 0 Å². The quantitative estimate of drug-likeness (QED) is 0.886. The SMILES string of the molecule is CC(C)CC(C)(O)Cc1cc(Br)cs1. The van der Waals surface area contributed by atoms with Crippen LogP contribution in [0.4, 0.5) is 0 Å². The lowest BCUT2D eigenvalue weighted by molar-refractivity contribution is 0.0396. The Morgan fingerprint density at radius 2 is 2.21 bits per heavy atom. The molecule has 1 unspecified atom stereocenters. The van der Waals surface area contributed by atoms with E-state index in [0.717, 1.165) is 17.3 Å². The fourth-order valence-electron chi connectivity index (χ4n) is 1.77. The summed E-state index contributed by atoms with van der Waals surface area (Å²) in [6.45, 7) is 6.19. The Morgan fingerprint density at radius 3 is 2.64 bits per heavy atom. The number of aliphatic hydroxyl groups is 1. The summed E-state index contributed by atoms with van der Waals surface area (Å²) in [6, 6.07) is 2.08. The van der Waals surface area contributed by atoms with Gasteiger partial charge < -0.3 is 5.11 Å². The molecule has 1 aromatic heterocycles. The van der Waals surface area contributed by atoms with Gasteiger partial charge in [0.05, 0.1) is 5.60 Å². The lowest BCUT2D eigenvalue weighted by Gasteiger charge is -2.24.